The summed E-state index contributed by atoms with van der Waals surface area (Å²) in [7, 11) is 1.10. The van der Waals surface area contributed by atoms with E-state index in [1.165, 1.54) is 6.42 Å². The molecule has 15 heavy (non-hydrogen) atoms. The number of hydrogen-bond donors (Lipinski definition) is 1. The van der Waals surface area contributed by atoms with Crippen molar-refractivity contribution in [2.45, 2.75) is 19.8 Å². The summed E-state index contributed by atoms with van der Waals surface area (Å²) in [5.74, 6) is 2.09. The molecule has 4 nitrogen and oxygen atoms in total. The van der Waals surface area contributed by atoms with Crippen molar-refractivity contribution in [3.05, 3.63) is 12.2 Å². The van der Waals surface area contributed by atoms with Crippen LogP contribution in [0.15, 0.2) is 12.2 Å². The highest BCUT2D eigenvalue weighted by Crippen LogP contribution is 2.43. The second kappa shape index (κ2) is 4.96. The zero-order chi connectivity index (χ0) is 11.4. The first kappa shape index (κ1) is 11.8. The van der Waals surface area contributed by atoms with E-state index in [1.54, 1.807) is 6.92 Å². The lowest BCUT2D eigenvalue weighted by Gasteiger charge is -2.13. The van der Waals surface area contributed by atoms with Gasteiger partial charge in [0.15, 0.2) is 0 Å². The van der Waals surface area contributed by atoms with Gasteiger partial charge in [0.2, 0.25) is 0 Å². The van der Waals surface area contributed by atoms with Crippen LogP contribution >= 0.6 is 0 Å². The minimum atomic E-state index is -1.25. The Morgan fingerprint density at radius 2 is 1.93 bits per heavy atom. The van der Waals surface area contributed by atoms with Crippen LogP contribution in [-0.4, -0.2) is 24.2 Å². The lowest BCUT2D eigenvalue weighted by Crippen LogP contribution is -2.15. The van der Waals surface area contributed by atoms with Crippen LogP contribution < -0.4 is 0 Å². The van der Waals surface area contributed by atoms with Crippen LogP contribution in [0.2, 0.25) is 0 Å². The summed E-state index contributed by atoms with van der Waals surface area (Å²) in [5, 5.41) is 7.50. The van der Waals surface area contributed by atoms with Gasteiger partial charge in [-0.25, -0.2) is 4.79 Å². The fraction of sp³-hybridized carbons (Fsp3) is 0.636. The molecule has 2 aliphatic rings. The molecule has 2 rings (SSSR count). The Labute approximate surface area is 88.9 Å². The fourth-order valence-corrected chi connectivity index (χ4v) is 2.25. The van der Waals surface area contributed by atoms with Gasteiger partial charge in [-0.1, -0.05) is 12.2 Å². The zero-order valence-electron chi connectivity index (χ0n) is 8.97. The highest BCUT2D eigenvalue weighted by molar-refractivity contribution is 5.79. The lowest BCUT2D eigenvalue weighted by atomic mass is 9.90. The van der Waals surface area contributed by atoms with Crippen LogP contribution in [0, 0.1) is 17.8 Å². The number of methoxy groups -OCH3 is 1. The van der Waals surface area contributed by atoms with E-state index in [2.05, 4.69) is 16.9 Å². The van der Waals surface area contributed by atoms with Crippen molar-refractivity contribution in [3.63, 3.8) is 0 Å². The van der Waals surface area contributed by atoms with Crippen LogP contribution in [0.4, 0.5) is 4.79 Å². The van der Waals surface area contributed by atoms with E-state index in [4.69, 9.17) is 9.90 Å². The number of allylic oxidation sites excluding steroid dienone is 2. The van der Waals surface area contributed by atoms with Crippen molar-refractivity contribution in [1.82, 2.24) is 0 Å². The molecule has 2 aliphatic carbocycles. The van der Waals surface area contributed by atoms with Gasteiger partial charge in [0.05, 0.1) is 7.11 Å². The summed E-state index contributed by atoms with van der Waals surface area (Å²) in [6, 6.07) is 0. The number of carboxylic acid groups (broad SMARTS) is 1. The molecule has 1 fully saturated rings. The molecule has 0 aromatic rings. The highest BCUT2D eigenvalue weighted by atomic mass is 16.6. The maximum absolute atomic E-state index is 11.0. The Morgan fingerprint density at radius 3 is 2.13 bits per heavy atom. The Kier molecular flexibility index (Phi) is 3.88. The number of ether oxygens (including phenoxy) is 1. The van der Waals surface area contributed by atoms with Gasteiger partial charge in [-0.2, -0.15) is 0 Å². The Morgan fingerprint density at radius 1 is 1.33 bits per heavy atom. The molecule has 3 atom stereocenters. The maximum atomic E-state index is 11.0. The van der Waals surface area contributed by atoms with Gasteiger partial charge in [0, 0.05) is 5.92 Å². The van der Waals surface area contributed by atoms with Gasteiger partial charge >= 0.3 is 6.16 Å². The summed E-state index contributed by atoms with van der Waals surface area (Å²) < 4.78 is 3.67. The number of hydrogen-bond acceptors (Lipinski definition) is 3. The van der Waals surface area contributed by atoms with Gasteiger partial charge in [-0.05, 0) is 31.6 Å². The Balaban J connectivity index is 0.000000195. The monoisotopic (exact) mass is 212 g/mol. The van der Waals surface area contributed by atoms with Gasteiger partial charge in [-0.3, -0.25) is 4.79 Å². The van der Waals surface area contributed by atoms with Crippen molar-refractivity contribution in [1.29, 1.82) is 0 Å². The van der Waals surface area contributed by atoms with Gasteiger partial charge < -0.3 is 9.84 Å². The van der Waals surface area contributed by atoms with Crippen LogP contribution in [0.1, 0.15) is 19.8 Å². The third-order valence-corrected chi connectivity index (χ3v) is 2.98. The molecule has 0 aromatic heterocycles. The molecule has 3 unspecified atom stereocenters. The maximum Gasteiger partial charge on any atom is 0.505 e. The topological polar surface area (TPSA) is 63.6 Å². The average Bonchev–Trinajstić information content (AvgIpc) is 2.79. The van der Waals surface area contributed by atoms with Crippen molar-refractivity contribution < 1.29 is 19.4 Å². The zero-order valence-corrected chi connectivity index (χ0v) is 8.97. The van der Waals surface area contributed by atoms with Crippen LogP contribution in [0.3, 0.4) is 0 Å². The largest absolute Gasteiger partial charge is 0.505 e. The normalized spacial score (nSPS) is 30.7. The smallest absolute Gasteiger partial charge is 0.450 e. The molecule has 0 aromatic carbocycles. The van der Waals surface area contributed by atoms with Crippen LogP contribution in [0.25, 0.3) is 0 Å². The standard InChI is InChI=1S/C9H12O.C2H4O3/c1-6(10)9-5-7-2-3-8(9)4-7;1-5-2(3)4/h2-3,7-9H,4-5H2,1H3;1H3,(H,3,4). The van der Waals surface area contributed by atoms with Crippen molar-refractivity contribution in [3.8, 4) is 0 Å². The Bertz CT molecular complexity index is 282. The van der Waals surface area contributed by atoms with Crippen molar-refractivity contribution in [2.75, 3.05) is 7.11 Å². The molecule has 0 amide bonds. The molecule has 1 N–H and O–H groups in total. The third-order valence-electron chi connectivity index (χ3n) is 2.98. The van der Waals surface area contributed by atoms with Gasteiger partial charge in [0.25, 0.3) is 0 Å². The first-order valence-corrected chi connectivity index (χ1v) is 5.00. The van der Waals surface area contributed by atoms with E-state index >= 15 is 0 Å². The van der Waals surface area contributed by atoms with Gasteiger partial charge in [0.1, 0.15) is 5.78 Å². The molecule has 0 radical (unpaired) electrons. The van der Waals surface area contributed by atoms with E-state index in [1.807, 2.05) is 0 Å². The molecule has 84 valence electrons. The quantitative estimate of drug-likeness (QED) is 0.534. The van der Waals surface area contributed by atoms with E-state index in [9.17, 15) is 4.79 Å². The second-order valence-electron chi connectivity index (χ2n) is 3.97. The lowest BCUT2D eigenvalue weighted by molar-refractivity contribution is -0.121. The van der Waals surface area contributed by atoms with Crippen molar-refractivity contribution in [2.24, 2.45) is 17.8 Å². The minimum Gasteiger partial charge on any atom is -0.450 e. The predicted molar refractivity (Wildman–Crippen MR) is 54.6 cm³/mol. The number of carbonyl (C=O) groups excluding carboxylic acids is 1. The third kappa shape index (κ3) is 3.08. The summed E-state index contributed by atoms with van der Waals surface area (Å²) >= 11 is 0. The Hall–Kier alpha value is -1.32. The molecule has 0 heterocycles. The summed E-state index contributed by atoms with van der Waals surface area (Å²) in [4.78, 5) is 20.1. The molecule has 0 saturated heterocycles. The minimum absolute atomic E-state index is 0.370. The van der Waals surface area contributed by atoms with Gasteiger partial charge in [-0.15, -0.1) is 0 Å². The number of fused-ring (bicyclic) bond motifs is 2. The molecule has 2 bridgehead atoms. The fourth-order valence-electron chi connectivity index (χ4n) is 2.25. The van der Waals surface area contributed by atoms with Crippen molar-refractivity contribution >= 4 is 11.9 Å². The average molecular weight is 212 g/mol. The molecule has 1 saturated carbocycles. The van der Waals surface area contributed by atoms with E-state index in [-0.39, 0.29) is 0 Å². The number of carbonyl (C=O) groups is 2. The van der Waals surface area contributed by atoms with E-state index in [0.717, 1.165) is 19.4 Å². The second-order valence-corrected chi connectivity index (χ2v) is 3.97. The first-order valence-electron chi connectivity index (χ1n) is 5.00. The van der Waals surface area contributed by atoms with E-state index < -0.39 is 6.16 Å². The summed E-state index contributed by atoms with van der Waals surface area (Å²) in [6.07, 6.45) is 5.61. The molecular weight excluding hydrogens is 196 g/mol. The molecule has 0 spiro atoms. The number of rotatable bonds is 1. The SMILES string of the molecule is CC(=O)C1CC2C=CC1C2.COC(=O)O. The van der Waals surface area contributed by atoms with E-state index in [0.29, 0.717) is 17.6 Å². The molecule has 4 heteroatoms. The summed E-state index contributed by atoms with van der Waals surface area (Å²) in [6.45, 7) is 1.72. The predicted octanol–water partition coefficient (Wildman–Crippen LogP) is 2.10. The number of ketones is 1. The van der Waals surface area contributed by atoms with Crippen LogP contribution in [-0.2, 0) is 9.53 Å². The molecule has 0 aliphatic heterocycles. The number of Topliss-reactive ketones (excluding diaryl/α,β-unsaturated/α-hetero) is 1. The highest BCUT2D eigenvalue weighted by Gasteiger charge is 2.37. The summed E-state index contributed by atoms with van der Waals surface area (Å²) in [5.41, 5.74) is 0. The first-order chi connectivity index (χ1) is 7.04. The molecular formula is C11H16O4. The van der Waals surface area contributed by atoms with Crippen LogP contribution in [0.5, 0.6) is 0 Å².